The van der Waals surface area contributed by atoms with Gasteiger partial charge in [0.15, 0.2) is 0 Å². The molecule has 1 aromatic rings. The first-order chi connectivity index (χ1) is 14.9. The van der Waals surface area contributed by atoms with Gasteiger partial charge < -0.3 is 5.32 Å². The molecule has 6 heteroatoms. The summed E-state index contributed by atoms with van der Waals surface area (Å²) in [5, 5.41) is 4.28. The average molecular weight is 563 g/mol. The van der Waals surface area contributed by atoms with Crippen molar-refractivity contribution >= 4 is 28.2 Å². The van der Waals surface area contributed by atoms with Gasteiger partial charge in [0.25, 0.3) is 0 Å². The minimum Gasteiger partial charge on any atom is 1.00 e. The molecule has 0 saturated heterocycles. The Hall–Kier alpha value is 0.106. The summed E-state index contributed by atoms with van der Waals surface area (Å²) >= 11 is -2.62. The van der Waals surface area contributed by atoms with Crippen molar-refractivity contribution in [2.75, 3.05) is 0 Å². The third-order valence-corrected chi connectivity index (χ3v) is 21.0. The van der Waals surface area contributed by atoms with Crippen LogP contribution in [0.4, 0.5) is 4.79 Å². The molecule has 0 atom stereocenters. The molecule has 0 bridgehead atoms. The number of unbranched alkanes of at least 4 members (excludes halogenated alkanes) is 3. The first-order valence-corrected chi connectivity index (χ1v) is 20.5. The van der Waals surface area contributed by atoms with Gasteiger partial charge in [-0.1, -0.05) is 27.7 Å². The van der Waals surface area contributed by atoms with E-state index in [1.807, 2.05) is 31.5 Å². The monoisotopic (exact) mass is 564 g/mol. The van der Waals surface area contributed by atoms with E-state index < -0.39 is 24.0 Å². The van der Waals surface area contributed by atoms with Crippen molar-refractivity contribution in [3.8, 4) is 0 Å². The van der Waals surface area contributed by atoms with Crippen molar-refractivity contribution < 1.29 is 28.4 Å². The summed E-state index contributed by atoms with van der Waals surface area (Å²) in [5.41, 5.74) is -0.451. The maximum absolute atomic E-state index is 12.8. The molecule has 188 valence electrons. The zero-order chi connectivity index (χ0) is 24.8. The number of hydrogen-bond donors (Lipinski definition) is 0. The summed E-state index contributed by atoms with van der Waals surface area (Å²) in [7, 11) is 0. The Morgan fingerprint density at radius 1 is 0.939 bits per heavy atom. The Balaban J connectivity index is 0. The number of carbonyl (C=O) groups is 1. The summed E-state index contributed by atoms with van der Waals surface area (Å²) in [5.74, 6) is 0. The average Bonchev–Trinajstić information content (AvgIpc) is 3.16. The zero-order valence-electron chi connectivity index (χ0n) is 24.0. The van der Waals surface area contributed by atoms with Gasteiger partial charge >= 0.3 is 178 Å². The topological polar surface area (TPSA) is 45.3 Å². The molecule has 0 aliphatic heterocycles. The van der Waals surface area contributed by atoms with Crippen LogP contribution in [-0.4, -0.2) is 46.7 Å². The SMILES string of the molecule is CC(C)[N-]C(C)C.CCC[CH2][Sn]([CH2]CCC)([CH2]CCC)[c]1cccn1C(=O)OC(C)(C)C.[Li+]. The number of carbonyl (C=O) groups excluding carboxylic acids is 1. The zero-order valence-corrected chi connectivity index (χ0v) is 26.8. The molecule has 4 nitrogen and oxygen atoms in total. The van der Waals surface area contributed by atoms with Crippen molar-refractivity contribution in [3.63, 3.8) is 0 Å². The summed E-state index contributed by atoms with van der Waals surface area (Å²) < 4.78 is 13.0. The minimum absolute atomic E-state index is 0. The molecule has 0 radical (unpaired) electrons. The minimum atomic E-state index is -2.62. The molecule has 0 saturated carbocycles. The van der Waals surface area contributed by atoms with Crippen LogP contribution in [0.1, 0.15) is 108 Å². The quantitative estimate of drug-likeness (QED) is 0.315. The van der Waals surface area contributed by atoms with Gasteiger partial charge in [0.05, 0.1) is 0 Å². The normalized spacial score (nSPS) is 11.8. The Bertz CT molecular complexity index is 596. The van der Waals surface area contributed by atoms with Crippen molar-refractivity contribution in [3.05, 3.63) is 23.6 Å². The van der Waals surface area contributed by atoms with E-state index in [0.29, 0.717) is 12.1 Å². The molecule has 1 rings (SSSR count). The van der Waals surface area contributed by atoms with Crippen LogP contribution in [0, 0.1) is 0 Å². The molecule has 0 fully saturated rings. The maximum atomic E-state index is 12.8. The van der Waals surface area contributed by atoms with Gasteiger partial charge in [-0.25, -0.2) is 0 Å². The van der Waals surface area contributed by atoms with Gasteiger partial charge in [0.1, 0.15) is 0 Å². The van der Waals surface area contributed by atoms with Crippen molar-refractivity contribution in [2.24, 2.45) is 0 Å². The standard InChI is InChI=1S/C9H12NO2.C6H14N.3C4H9.Li.Sn/c1-9(2,3)12-8(11)10-6-4-5-7-10;1-5(2)7-6(3)4;3*1-3-4-2;;/h4-6H,1-3H3;5-6H,1-4H3;3*1,3-4H2,2H3;;/q;-1;;;;+1;. The smallest absolute Gasteiger partial charge is 1.00 e. The fraction of sp³-hybridized carbons (Fsp3) is 0.815. The second-order valence-corrected chi connectivity index (χ2v) is 23.7. The third-order valence-electron chi connectivity index (χ3n) is 5.51. The van der Waals surface area contributed by atoms with Crippen LogP contribution in [0.5, 0.6) is 0 Å². The first-order valence-electron chi connectivity index (χ1n) is 13.0. The number of nitrogens with zero attached hydrogens (tertiary/aromatic N) is 2. The maximum Gasteiger partial charge on any atom is 1.00 e. The van der Waals surface area contributed by atoms with Crippen LogP contribution in [0.15, 0.2) is 18.3 Å². The van der Waals surface area contributed by atoms with Crippen molar-refractivity contribution in [2.45, 2.75) is 139 Å². The number of aromatic nitrogens is 1. The fourth-order valence-corrected chi connectivity index (χ4v) is 20.6. The van der Waals surface area contributed by atoms with E-state index in [0.717, 1.165) is 0 Å². The molecule has 0 aliphatic rings. The second-order valence-electron chi connectivity index (χ2n) is 10.7. The Morgan fingerprint density at radius 2 is 1.36 bits per heavy atom. The van der Waals surface area contributed by atoms with E-state index >= 15 is 0 Å². The van der Waals surface area contributed by atoms with E-state index in [1.165, 1.54) is 55.5 Å². The first kappa shape index (κ1) is 35.3. The predicted molar refractivity (Wildman–Crippen MR) is 144 cm³/mol. The van der Waals surface area contributed by atoms with Crippen LogP contribution in [0.2, 0.25) is 13.3 Å². The van der Waals surface area contributed by atoms with E-state index in [1.54, 1.807) is 0 Å². The van der Waals surface area contributed by atoms with Gasteiger partial charge in [-0.3, -0.25) is 0 Å². The predicted octanol–water partition coefficient (Wildman–Crippen LogP) is 5.51. The summed E-state index contributed by atoms with van der Waals surface area (Å²) in [6.07, 6.45) is 9.34. The number of hydrogen-bond acceptors (Lipinski definition) is 2. The molecular formula is C27H53LiN2O2Sn. The van der Waals surface area contributed by atoms with Crippen LogP contribution in [0.3, 0.4) is 0 Å². The molecule has 0 amide bonds. The van der Waals surface area contributed by atoms with E-state index in [9.17, 15) is 4.79 Å². The summed E-state index contributed by atoms with van der Waals surface area (Å²) in [6, 6.07) is 5.29. The summed E-state index contributed by atoms with van der Waals surface area (Å²) in [4.78, 5) is 12.8. The summed E-state index contributed by atoms with van der Waals surface area (Å²) in [6.45, 7) is 21.1. The molecule has 0 N–H and O–H groups in total. The van der Waals surface area contributed by atoms with Crippen LogP contribution >= 0.6 is 0 Å². The van der Waals surface area contributed by atoms with E-state index in [-0.39, 0.29) is 25.0 Å². The molecule has 0 aromatic carbocycles. The fourth-order valence-electron chi connectivity index (χ4n) is 4.18. The molecule has 0 aliphatic carbocycles. The number of rotatable bonds is 12. The Morgan fingerprint density at radius 3 is 1.67 bits per heavy atom. The third kappa shape index (κ3) is 15.0. The van der Waals surface area contributed by atoms with Gasteiger partial charge in [-0.15, -0.1) is 12.1 Å². The Labute approximate surface area is 222 Å². The van der Waals surface area contributed by atoms with Crippen LogP contribution in [0.25, 0.3) is 5.32 Å². The van der Waals surface area contributed by atoms with Gasteiger partial charge in [0, 0.05) is 0 Å². The van der Waals surface area contributed by atoms with Crippen LogP contribution < -0.4 is 22.6 Å². The molecule has 1 aromatic heterocycles. The Kier molecular flexibility index (Phi) is 19.6. The second kappa shape index (κ2) is 18.4. The largest absolute Gasteiger partial charge is 1.00 e. The molecule has 33 heavy (non-hydrogen) atoms. The van der Waals surface area contributed by atoms with Crippen LogP contribution in [-0.2, 0) is 4.74 Å². The van der Waals surface area contributed by atoms with Gasteiger partial charge in [0.2, 0.25) is 0 Å². The van der Waals surface area contributed by atoms with Gasteiger partial charge in [-0.05, 0) is 0 Å². The molecular weight excluding hydrogens is 510 g/mol. The van der Waals surface area contributed by atoms with E-state index in [2.05, 4.69) is 65.9 Å². The molecule has 0 unspecified atom stereocenters. The van der Waals surface area contributed by atoms with Crippen molar-refractivity contribution in [1.82, 2.24) is 4.57 Å². The molecule has 0 spiro atoms. The van der Waals surface area contributed by atoms with Crippen molar-refractivity contribution in [1.29, 1.82) is 0 Å². The molecule has 1 heterocycles. The van der Waals surface area contributed by atoms with Gasteiger partial charge in [-0.2, -0.15) is 0 Å². The van der Waals surface area contributed by atoms with E-state index in [4.69, 9.17) is 4.74 Å². The number of ether oxygens (including phenoxy) is 1.